The zero-order valence-electron chi connectivity index (χ0n) is 18.3. The maximum atomic E-state index is 14.0. The molecule has 1 amide bonds. The number of hydrogen-bond donors (Lipinski definition) is 2. The lowest BCUT2D eigenvalue weighted by molar-refractivity contribution is 0.1000. The first-order valence-corrected chi connectivity index (χ1v) is 13.2. The Kier molecular flexibility index (Phi) is 6.24. The van der Waals surface area contributed by atoms with Gasteiger partial charge in [-0.1, -0.05) is 19.9 Å². The predicted molar refractivity (Wildman–Crippen MR) is 127 cm³/mol. The summed E-state index contributed by atoms with van der Waals surface area (Å²) in [5, 5.41) is 1.79. The molecule has 1 aromatic carbocycles. The lowest BCUT2D eigenvalue weighted by Crippen LogP contribution is -2.28. The van der Waals surface area contributed by atoms with E-state index in [2.05, 4.69) is 14.7 Å². The van der Waals surface area contributed by atoms with Crippen LogP contribution in [0, 0.1) is 5.82 Å². The topological polar surface area (TPSA) is 115 Å². The van der Waals surface area contributed by atoms with Crippen LogP contribution in [0.15, 0.2) is 42.0 Å². The van der Waals surface area contributed by atoms with Crippen LogP contribution >= 0.6 is 11.3 Å². The Hall–Kier alpha value is -2.85. The van der Waals surface area contributed by atoms with Crippen LogP contribution in [0.3, 0.4) is 0 Å². The van der Waals surface area contributed by atoms with Crippen molar-refractivity contribution < 1.29 is 17.6 Å². The molecular weight excluding hydrogens is 463 g/mol. The van der Waals surface area contributed by atoms with E-state index in [0.717, 1.165) is 11.8 Å². The average molecular weight is 489 g/mol. The van der Waals surface area contributed by atoms with Crippen LogP contribution in [0.1, 0.15) is 61.1 Å². The molecule has 0 aliphatic heterocycles. The number of carbonyl (C=O) groups is 1. The van der Waals surface area contributed by atoms with Gasteiger partial charge < -0.3 is 5.73 Å². The maximum absolute atomic E-state index is 14.0. The number of benzene rings is 1. The number of nitrogens with two attached hydrogens (primary N) is 1. The Bertz CT molecular complexity index is 1300. The van der Waals surface area contributed by atoms with Crippen molar-refractivity contribution in [3.63, 3.8) is 0 Å². The molecule has 0 radical (unpaired) electrons. The number of anilines is 1. The normalized spacial score (nSPS) is 14.3. The van der Waals surface area contributed by atoms with E-state index in [9.17, 15) is 17.6 Å². The average Bonchev–Trinajstić information content (AvgIpc) is 3.56. The fourth-order valence-electron chi connectivity index (χ4n) is 4.16. The zero-order valence-corrected chi connectivity index (χ0v) is 20.0. The predicted octanol–water partition coefficient (Wildman–Crippen LogP) is 4.45. The lowest BCUT2D eigenvalue weighted by atomic mass is 9.70. The Balaban J connectivity index is 1.86. The third-order valence-corrected chi connectivity index (χ3v) is 8.94. The minimum Gasteiger partial charge on any atom is -0.366 e. The molecule has 0 spiro atoms. The molecule has 1 aliphatic carbocycles. The summed E-state index contributed by atoms with van der Waals surface area (Å²) in [6.07, 6.45) is 5.24. The first kappa shape index (κ1) is 23.3. The molecule has 3 aromatic rings. The fraction of sp³-hybridized carbons (Fsp3) is 0.348. The number of hydrogen-bond acceptors (Lipinski definition) is 6. The van der Waals surface area contributed by atoms with Crippen LogP contribution in [0.25, 0.3) is 11.1 Å². The molecule has 1 saturated carbocycles. The summed E-state index contributed by atoms with van der Waals surface area (Å²) in [6, 6.07) is 6.47. The summed E-state index contributed by atoms with van der Waals surface area (Å²) < 4.78 is 41.4. The van der Waals surface area contributed by atoms with Crippen molar-refractivity contribution in [3.05, 3.63) is 64.7 Å². The van der Waals surface area contributed by atoms with E-state index in [1.165, 1.54) is 17.4 Å². The molecule has 1 aliphatic rings. The van der Waals surface area contributed by atoms with Crippen LogP contribution < -0.4 is 10.5 Å². The zero-order chi connectivity index (χ0) is 23.8. The summed E-state index contributed by atoms with van der Waals surface area (Å²) in [4.78, 5) is 20.6. The number of amides is 1. The number of aromatic nitrogens is 2. The number of sulfonamides is 1. The van der Waals surface area contributed by atoms with Gasteiger partial charge in [0.05, 0.1) is 17.1 Å². The van der Waals surface area contributed by atoms with E-state index in [-0.39, 0.29) is 5.25 Å². The van der Waals surface area contributed by atoms with E-state index in [4.69, 9.17) is 5.73 Å². The molecule has 10 heteroatoms. The highest BCUT2D eigenvalue weighted by Gasteiger charge is 2.38. The maximum Gasteiger partial charge on any atom is 0.248 e. The summed E-state index contributed by atoms with van der Waals surface area (Å²) >= 11 is 1.22. The lowest BCUT2D eigenvalue weighted by Gasteiger charge is -2.33. The van der Waals surface area contributed by atoms with E-state index in [0.29, 0.717) is 53.2 Å². The SMILES string of the molecule is CCC(CC)(c1csc(NS(=O)(=O)C2CC2)n1)c1cc(C(N)=O)ccc1-c1cncc(F)c1. The minimum atomic E-state index is -3.44. The van der Waals surface area contributed by atoms with Crippen molar-refractivity contribution >= 4 is 32.4 Å². The molecule has 2 aromatic heterocycles. The smallest absolute Gasteiger partial charge is 0.248 e. The summed E-state index contributed by atoms with van der Waals surface area (Å²) in [5.74, 6) is -1.04. The number of nitrogens with one attached hydrogen (secondary N) is 1. The molecule has 33 heavy (non-hydrogen) atoms. The van der Waals surface area contributed by atoms with Crippen LogP contribution in [-0.2, 0) is 15.4 Å². The van der Waals surface area contributed by atoms with Gasteiger partial charge in [0.2, 0.25) is 15.9 Å². The first-order valence-electron chi connectivity index (χ1n) is 10.7. The second-order valence-corrected chi connectivity index (χ2v) is 11.0. The molecule has 4 rings (SSSR count). The molecule has 7 nitrogen and oxygen atoms in total. The number of pyridine rings is 1. The van der Waals surface area contributed by atoms with E-state index >= 15 is 0 Å². The largest absolute Gasteiger partial charge is 0.366 e. The van der Waals surface area contributed by atoms with Crippen LogP contribution in [-0.4, -0.2) is 29.5 Å². The van der Waals surface area contributed by atoms with Gasteiger partial charge in [-0.3, -0.25) is 14.5 Å². The first-order chi connectivity index (χ1) is 15.7. The number of primary amides is 1. The molecular formula is C23H25FN4O3S2. The van der Waals surface area contributed by atoms with Crippen molar-refractivity contribution in [2.45, 2.75) is 50.2 Å². The molecule has 0 atom stereocenters. The molecule has 2 heterocycles. The molecule has 0 bridgehead atoms. The number of nitrogens with zero attached hydrogens (tertiary/aromatic N) is 2. The fourth-order valence-corrected chi connectivity index (χ4v) is 6.57. The Morgan fingerprint density at radius 3 is 2.58 bits per heavy atom. The van der Waals surface area contributed by atoms with Crippen molar-refractivity contribution in [3.8, 4) is 11.1 Å². The van der Waals surface area contributed by atoms with Gasteiger partial charge in [-0.05, 0) is 55.0 Å². The van der Waals surface area contributed by atoms with Gasteiger partial charge >= 0.3 is 0 Å². The number of thiazole rings is 1. The van der Waals surface area contributed by atoms with Crippen molar-refractivity contribution in [2.24, 2.45) is 5.73 Å². The third-order valence-electron chi connectivity index (χ3n) is 6.23. The van der Waals surface area contributed by atoms with Crippen molar-refractivity contribution in [1.29, 1.82) is 0 Å². The third kappa shape index (κ3) is 4.49. The van der Waals surface area contributed by atoms with Crippen molar-refractivity contribution in [1.82, 2.24) is 9.97 Å². The van der Waals surface area contributed by atoms with E-state index in [1.54, 1.807) is 24.4 Å². The highest BCUT2D eigenvalue weighted by atomic mass is 32.2. The van der Waals surface area contributed by atoms with Gasteiger partial charge in [0.15, 0.2) is 5.13 Å². The Morgan fingerprint density at radius 2 is 1.97 bits per heavy atom. The van der Waals surface area contributed by atoms with Crippen LogP contribution in [0.2, 0.25) is 0 Å². The van der Waals surface area contributed by atoms with Crippen LogP contribution in [0.5, 0.6) is 0 Å². The monoisotopic (exact) mass is 488 g/mol. The van der Waals surface area contributed by atoms with E-state index < -0.39 is 27.2 Å². The highest BCUT2D eigenvalue weighted by Crippen LogP contribution is 2.45. The standard InChI is InChI=1S/C23H25FN4O3S2/c1-3-23(4-2,20-13-32-22(27-20)28-33(30,31)17-6-7-17)19-10-14(21(25)29)5-8-18(19)15-9-16(24)12-26-11-15/h5,8-13,17H,3-4,6-7H2,1-2H3,(H2,25,29)(H,27,28). The summed E-state index contributed by atoms with van der Waals surface area (Å²) in [6.45, 7) is 4.00. The second kappa shape index (κ2) is 8.83. The molecule has 0 saturated heterocycles. The van der Waals surface area contributed by atoms with Gasteiger partial charge in [-0.25, -0.2) is 17.8 Å². The van der Waals surface area contributed by atoms with Crippen molar-refractivity contribution in [2.75, 3.05) is 4.72 Å². The minimum absolute atomic E-state index is 0.309. The van der Waals surface area contributed by atoms with Gasteiger partial charge in [0.25, 0.3) is 0 Å². The van der Waals surface area contributed by atoms with Gasteiger partial charge in [0, 0.05) is 28.1 Å². The second-order valence-electron chi connectivity index (χ2n) is 8.19. The van der Waals surface area contributed by atoms with Gasteiger partial charge in [-0.15, -0.1) is 11.3 Å². The number of carbonyl (C=O) groups excluding carboxylic acids is 1. The molecule has 174 valence electrons. The quantitative estimate of drug-likeness (QED) is 0.462. The molecule has 1 fully saturated rings. The molecule has 0 unspecified atom stereocenters. The number of rotatable bonds is 9. The Morgan fingerprint density at radius 1 is 1.24 bits per heavy atom. The Labute approximate surface area is 196 Å². The van der Waals surface area contributed by atoms with Crippen LogP contribution in [0.4, 0.5) is 9.52 Å². The van der Waals surface area contributed by atoms with Gasteiger partial charge in [-0.2, -0.15) is 0 Å². The number of halogens is 1. The van der Waals surface area contributed by atoms with E-state index in [1.807, 2.05) is 19.2 Å². The van der Waals surface area contributed by atoms with Gasteiger partial charge in [0.1, 0.15) is 5.82 Å². The molecule has 3 N–H and O–H groups in total. The summed E-state index contributed by atoms with van der Waals surface area (Å²) in [7, 11) is -3.44. The summed E-state index contributed by atoms with van der Waals surface area (Å²) in [5.41, 5.74) is 7.95. The highest BCUT2D eigenvalue weighted by molar-refractivity contribution is 7.93.